The summed E-state index contributed by atoms with van der Waals surface area (Å²) < 4.78 is 1.17. The van der Waals surface area contributed by atoms with Gasteiger partial charge < -0.3 is 5.73 Å². The van der Waals surface area contributed by atoms with E-state index in [2.05, 4.69) is 12.6 Å². The van der Waals surface area contributed by atoms with E-state index in [0.29, 0.717) is 0 Å². The largest absolute Gasteiger partial charge is 0.320 e. The molecule has 0 radical (unpaired) electrons. The van der Waals surface area contributed by atoms with E-state index < -0.39 is 0 Å². The number of hydrogen-bond acceptors (Lipinski definition) is 2. The Bertz CT molecular complexity index is 475. The number of halogens is 1. The van der Waals surface area contributed by atoms with Crippen molar-refractivity contribution in [1.29, 1.82) is 0 Å². The molecule has 0 amide bonds. The Kier molecular flexibility index (Phi) is 2.59. The Balaban J connectivity index is 2.56. The van der Waals surface area contributed by atoms with Crippen LogP contribution >= 0.6 is 22.9 Å². The zero-order valence-corrected chi connectivity index (χ0v) is 9.11. The number of rotatable bonds is 2. The molecule has 0 aliphatic rings. The van der Waals surface area contributed by atoms with Crippen molar-refractivity contribution >= 4 is 33.0 Å². The van der Waals surface area contributed by atoms with Gasteiger partial charge >= 0.3 is 0 Å². The summed E-state index contributed by atoms with van der Waals surface area (Å²) in [5.74, 6) is 0. The topological polar surface area (TPSA) is 26.0 Å². The zero-order valence-electron chi connectivity index (χ0n) is 7.53. The highest BCUT2D eigenvalue weighted by Crippen LogP contribution is 2.31. The maximum absolute atomic E-state index is 5.90. The molecule has 1 aromatic carbocycles. The Morgan fingerprint density at radius 1 is 1.43 bits per heavy atom. The normalized spacial score (nSPS) is 13.0. The highest BCUT2D eigenvalue weighted by molar-refractivity contribution is 7.19. The standard InChI is InChI=1S/C11H10ClNS/c1-2-9(13)11-5-7-3-4-8(12)6-10(7)14-11/h2-6,9H,1,13H2/t9-/m0/s1. The predicted octanol–water partition coefficient (Wildman–Crippen LogP) is 3.74. The molecule has 0 saturated heterocycles. The predicted molar refractivity (Wildman–Crippen MR) is 64.0 cm³/mol. The Morgan fingerprint density at radius 2 is 2.21 bits per heavy atom. The van der Waals surface area contributed by atoms with Crippen molar-refractivity contribution in [2.45, 2.75) is 6.04 Å². The SMILES string of the molecule is C=C[C@H](N)c1cc2ccc(Cl)cc2s1. The van der Waals surface area contributed by atoms with E-state index in [0.717, 1.165) is 9.90 Å². The lowest BCUT2D eigenvalue weighted by molar-refractivity contribution is 0.941. The molecule has 0 spiro atoms. The average Bonchev–Trinajstić information content (AvgIpc) is 2.59. The van der Waals surface area contributed by atoms with Gasteiger partial charge in [-0.25, -0.2) is 0 Å². The van der Waals surface area contributed by atoms with Crippen LogP contribution in [0.1, 0.15) is 10.9 Å². The molecule has 14 heavy (non-hydrogen) atoms. The van der Waals surface area contributed by atoms with Crippen molar-refractivity contribution in [3.05, 3.63) is 46.8 Å². The molecule has 0 bridgehead atoms. The van der Waals surface area contributed by atoms with Gasteiger partial charge in [-0.15, -0.1) is 17.9 Å². The first-order valence-electron chi connectivity index (χ1n) is 4.28. The smallest absolute Gasteiger partial charge is 0.0573 e. The number of hydrogen-bond donors (Lipinski definition) is 1. The molecule has 3 heteroatoms. The first-order chi connectivity index (χ1) is 6.70. The molecular weight excluding hydrogens is 214 g/mol. The molecule has 1 nitrogen and oxygen atoms in total. The van der Waals surface area contributed by atoms with Gasteiger partial charge in [-0.05, 0) is 23.6 Å². The second-order valence-corrected chi connectivity index (χ2v) is 4.64. The van der Waals surface area contributed by atoms with Gasteiger partial charge in [-0.3, -0.25) is 0 Å². The summed E-state index contributed by atoms with van der Waals surface area (Å²) in [5.41, 5.74) is 5.86. The number of fused-ring (bicyclic) bond motifs is 1. The first-order valence-corrected chi connectivity index (χ1v) is 5.47. The maximum Gasteiger partial charge on any atom is 0.0573 e. The van der Waals surface area contributed by atoms with Crippen LogP contribution in [0.4, 0.5) is 0 Å². The summed E-state index contributed by atoms with van der Waals surface area (Å²) in [4.78, 5) is 1.12. The lowest BCUT2D eigenvalue weighted by atomic mass is 10.2. The highest BCUT2D eigenvalue weighted by atomic mass is 35.5. The van der Waals surface area contributed by atoms with Crippen LogP contribution < -0.4 is 5.73 Å². The molecule has 72 valence electrons. The van der Waals surface area contributed by atoms with Crippen molar-refractivity contribution in [2.24, 2.45) is 5.73 Å². The van der Waals surface area contributed by atoms with Crippen LogP contribution in [0.2, 0.25) is 5.02 Å². The monoisotopic (exact) mass is 223 g/mol. The second-order valence-electron chi connectivity index (χ2n) is 3.09. The van der Waals surface area contributed by atoms with Crippen molar-refractivity contribution < 1.29 is 0 Å². The third kappa shape index (κ3) is 1.69. The maximum atomic E-state index is 5.90. The van der Waals surface area contributed by atoms with Gasteiger partial charge in [-0.1, -0.05) is 23.7 Å². The van der Waals surface area contributed by atoms with Gasteiger partial charge in [-0.2, -0.15) is 0 Å². The van der Waals surface area contributed by atoms with Crippen molar-refractivity contribution in [2.75, 3.05) is 0 Å². The van der Waals surface area contributed by atoms with Gasteiger partial charge in [0, 0.05) is 14.6 Å². The van der Waals surface area contributed by atoms with E-state index in [1.54, 1.807) is 17.4 Å². The van der Waals surface area contributed by atoms with Gasteiger partial charge in [0.15, 0.2) is 0 Å². The van der Waals surface area contributed by atoms with Crippen molar-refractivity contribution in [3.63, 3.8) is 0 Å². The summed E-state index contributed by atoms with van der Waals surface area (Å²) in [6, 6.07) is 7.86. The fourth-order valence-electron chi connectivity index (χ4n) is 1.31. The van der Waals surface area contributed by atoms with E-state index in [4.69, 9.17) is 17.3 Å². The number of benzene rings is 1. The van der Waals surface area contributed by atoms with Gasteiger partial charge in [0.1, 0.15) is 0 Å². The number of nitrogens with two attached hydrogens (primary N) is 1. The van der Waals surface area contributed by atoms with Crippen molar-refractivity contribution in [3.8, 4) is 0 Å². The highest BCUT2D eigenvalue weighted by Gasteiger charge is 2.06. The molecular formula is C11H10ClNS. The molecule has 0 saturated carbocycles. The molecule has 0 aliphatic carbocycles. The molecule has 1 heterocycles. The van der Waals surface area contributed by atoms with Gasteiger partial charge in [0.05, 0.1) is 6.04 Å². The van der Waals surface area contributed by atoms with E-state index >= 15 is 0 Å². The molecule has 1 atom stereocenters. The lowest BCUT2D eigenvalue weighted by Gasteiger charge is -1.99. The van der Waals surface area contributed by atoms with Gasteiger partial charge in [0.2, 0.25) is 0 Å². The minimum atomic E-state index is -0.0776. The van der Waals surface area contributed by atoms with Crippen LogP contribution in [0.15, 0.2) is 36.9 Å². The third-order valence-electron chi connectivity index (χ3n) is 2.08. The first kappa shape index (κ1) is 9.71. The minimum absolute atomic E-state index is 0.0776. The van der Waals surface area contributed by atoms with E-state index in [-0.39, 0.29) is 6.04 Å². The van der Waals surface area contributed by atoms with Crippen LogP contribution in [-0.4, -0.2) is 0 Å². The van der Waals surface area contributed by atoms with Crippen LogP contribution in [-0.2, 0) is 0 Å². The second kappa shape index (κ2) is 3.73. The average molecular weight is 224 g/mol. The van der Waals surface area contributed by atoms with E-state index in [1.807, 2.05) is 18.2 Å². The van der Waals surface area contributed by atoms with E-state index in [1.165, 1.54) is 10.1 Å². The van der Waals surface area contributed by atoms with Crippen molar-refractivity contribution in [1.82, 2.24) is 0 Å². The molecule has 0 fully saturated rings. The fraction of sp³-hybridized carbons (Fsp3) is 0.0909. The summed E-state index contributed by atoms with van der Waals surface area (Å²) in [6.07, 6.45) is 1.74. The lowest BCUT2D eigenvalue weighted by Crippen LogP contribution is -2.03. The van der Waals surface area contributed by atoms with Crippen LogP contribution in [0.5, 0.6) is 0 Å². The van der Waals surface area contributed by atoms with Crippen LogP contribution in [0.3, 0.4) is 0 Å². The van der Waals surface area contributed by atoms with Gasteiger partial charge in [0.25, 0.3) is 0 Å². The summed E-state index contributed by atoms with van der Waals surface area (Å²) in [5, 5.41) is 1.95. The minimum Gasteiger partial charge on any atom is -0.320 e. The van der Waals surface area contributed by atoms with E-state index in [9.17, 15) is 0 Å². The summed E-state index contributed by atoms with van der Waals surface area (Å²) in [6.45, 7) is 3.68. The number of thiophene rings is 1. The van der Waals surface area contributed by atoms with Crippen LogP contribution in [0, 0.1) is 0 Å². The quantitative estimate of drug-likeness (QED) is 0.772. The Labute approximate surface area is 91.8 Å². The molecule has 1 aromatic heterocycles. The fourth-order valence-corrected chi connectivity index (χ4v) is 2.65. The summed E-state index contributed by atoms with van der Waals surface area (Å²) >= 11 is 7.56. The molecule has 2 N–H and O–H groups in total. The molecule has 0 unspecified atom stereocenters. The summed E-state index contributed by atoms with van der Waals surface area (Å²) in [7, 11) is 0. The Hall–Kier alpha value is -0.830. The molecule has 2 aromatic rings. The van der Waals surface area contributed by atoms with Crippen LogP contribution in [0.25, 0.3) is 10.1 Å². The third-order valence-corrected chi connectivity index (χ3v) is 3.52. The molecule has 0 aliphatic heterocycles. The molecule has 2 rings (SSSR count). The Morgan fingerprint density at radius 3 is 2.93 bits per heavy atom. The zero-order chi connectivity index (χ0) is 10.1.